The molecule has 1 aliphatic rings. The molecule has 0 spiro atoms. The second kappa shape index (κ2) is 7.17. The van der Waals surface area contributed by atoms with Crippen LogP contribution in [-0.4, -0.2) is 62.5 Å². The average molecular weight is 329 g/mol. The third-order valence-corrected chi connectivity index (χ3v) is 4.90. The third-order valence-electron chi connectivity index (χ3n) is 3.60. The number of benzene rings is 1. The Morgan fingerprint density at radius 3 is 2.45 bits per heavy atom. The predicted octanol–water partition coefficient (Wildman–Crippen LogP) is 0.0191. The summed E-state index contributed by atoms with van der Waals surface area (Å²) in [7, 11) is -3.16. The zero-order chi connectivity index (χ0) is 16.2. The zero-order valence-corrected chi connectivity index (χ0v) is 13.3. The topological polar surface area (TPSA) is 69.7 Å². The minimum atomic E-state index is -3.16. The van der Waals surface area contributed by atoms with E-state index in [0.29, 0.717) is 31.7 Å². The number of carbonyl (C=O) groups excluding carboxylic acids is 1. The molecular weight excluding hydrogens is 309 g/mol. The Hall–Kier alpha value is -1.51. The van der Waals surface area contributed by atoms with E-state index in [2.05, 4.69) is 5.32 Å². The van der Waals surface area contributed by atoms with E-state index < -0.39 is 10.0 Å². The zero-order valence-electron chi connectivity index (χ0n) is 12.5. The number of hydrogen-bond donors (Lipinski definition) is 1. The van der Waals surface area contributed by atoms with Gasteiger partial charge in [0.15, 0.2) is 0 Å². The Balaban J connectivity index is 1.76. The lowest BCUT2D eigenvalue weighted by atomic mass is 10.2. The van der Waals surface area contributed by atoms with E-state index in [9.17, 15) is 17.6 Å². The van der Waals surface area contributed by atoms with Crippen LogP contribution < -0.4 is 5.32 Å². The lowest BCUT2D eigenvalue weighted by molar-refractivity contribution is -0.122. The SMILES string of the molecule is CS(=O)(=O)N1CCN(CC(=O)NCc2ccccc2F)CC1. The van der Waals surface area contributed by atoms with Gasteiger partial charge in [0, 0.05) is 38.3 Å². The van der Waals surface area contributed by atoms with Gasteiger partial charge in [-0.25, -0.2) is 12.8 Å². The smallest absolute Gasteiger partial charge is 0.234 e. The molecule has 0 bridgehead atoms. The number of halogens is 1. The van der Waals surface area contributed by atoms with Gasteiger partial charge in [0.25, 0.3) is 0 Å². The maximum atomic E-state index is 13.4. The molecule has 0 atom stereocenters. The molecule has 0 unspecified atom stereocenters. The molecule has 1 aromatic carbocycles. The van der Waals surface area contributed by atoms with Crippen molar-refractivity contribution in [2.24, 2.45) is 0 Å². The van der Waals surface area contributed by atoms with Crippen LogP contribution in [0.25, 0.3) is 0 Å². The lowest BCUT2D eigenvalue weighted by Crippen LogP contribution is -2.50. The highest BCUT2D eigenvalue weighted by Gasteiger charge is 2.24. The van der Waals surface area contributed by atoms with Crippen LogP contribution in [0.2, 0.25) is 0 Å². The average Bonchev–Trinajstić information content (AvgIpc) is 2.46. The van der Waals surface area contributed by atoms with Gasteiger partial charge < -0.3 is 5.32 Å². The van der Waals surface area contributed by atoms with Crippen molar-refractivity contribution in [1.82, 2.24) is 14.5 Å². The minimum absolute atomic E-state index is 0.148. The highest BCUT2D eigenvalue weighted by molar-refractivity contribution is 7.88. The first-order valence-corrected chi connectivity index (χ1v) is 8.88. The molecule has 6 nitrogen and oxygen atoms in total. The fourth-order valence-electron chi connectivity index (χ4n) is 2.31. The molecule has 1 amide bonds. The van der Waals surface area contributed by atoms with E-state index in [4.69, 9.17) is 0 Å². The van der Waals surface area contributed by atoms with Gasteiger partial charge in [-0.1, -0.05) is 18.2 Å². The maximum Gasteiger partial charge on any atom is 0.234 e. The molecule has 1 N–H and O–H groups in total. The van der Waals surface area contributed by atoms with Gasteiger partial charge in [0.2, 0.25) is 15.9 Å². The first-order valence-electron chi connectivity index (χ1n) is 7.04. The van der Waals surface area contributed by atoms with Crippen molar-refractivity contribution in [1.29, 1.82) is 0 Å². The number of nitrogens with zero attached hydrogens (tertiary/aromatic N) is 2. The molecule has 1 fully saturated rings. The van der Waals surface area contributed by atoms with Crippen molar-refractivity contribution in [2.75, 3.05) is 39.0 Å². The quantitative estimate of drug-likeness (QED) is 0.827. The first kappa shape index (κ1) is 16.9. The van der Waals surface area contributed by atoms with Gasteiger partial charge in [0.1, 0.15) is 5.82 Å². The molecule has 0 saturated carbocycles. The molecule has 1 heterocycles. The van der Waals surface area contributed by atoms with E-state index in [-0.39, 0.29) is 24.8 Å². The molecule has 0 radical (unpaired) electrons. The monoisotopic (exact) mass is 329 g/mol. The summed E-state index contributed by atoms with van der Waals surface area (Å²) in [5.41, 5.74) is 0.442. The van der Waals surface area contributed by atoms with Crippen molar-refractivity contribution in [3.8, 4) is 0 Å². The maximum absolute atomic E-state index is 13.4. The summed E-state index contributed by atoms with van der Waals surface area (Å²) >= 11 is 0. The fourth-order valence-corrected chi connectivity index (χ4v) is 3.14. The summed E-state index contributed by atoms with van der Waals surface area (Å²) < 4.78 is 37.6. The van der Waals surface area contributed by atoms with Gasteiger partial charge in [-0.05, 0) is 6.07 Å². The van der Waals surface area contributed by atoms with Crippen LogP contribution in [0.1, 0.15) is 5.56 Å². The number of nitrogens with one attached hydrogen (secondary N) is 1. The Labute approximate surface area is 130 Å². The summed E-state index contributed by atoms with van der Waals surface area (Å²) in [6.45, 7) is 2.14. The number of hydrogen-bond acceptors (Lipinski definition) is 4. The molecule has 1 aliphatic heterocycles. The fraction of sp³-hybridized carbons (Fsp3) is 0.500. The number of piperazine rings is 1. The standard InChI is InChI=1S/C14H20FN3O3S/c1-22(20,21)18-8-6-17(7-9-18)11-14(19)16-10-12-4-2-3-5-13(12)15/h2-5H,6-11H2,1H3,(H,16,19). The van der Waals surface area contributed by atoms with Crippen molar-refractivity contribution in [2.45, 2.75) is 6.54 Å². The Morgan fingerprint density at radius 1 is 1.23 bits per heavy atom. The van der Waals surface area contributed by atoms with E-state index in [0.717, 1.165) is 0 Å². The van der Waals surface area contributed by atoms with Crippen molar-refractivity contribution >= 4 is 15.9 Å². The summed E-state index contributed by atoms with van der Waals surface area (Å²) in [4.78, 5) is 13.8. The molecule has 122 valence electrons. The van der Waals surface area contributed by atoms with Crippen molar-refractivity contribution < 1.29 is 17.6 Å². The van der Waals surface area contributed by atoms with Gasteiger partial charge in [-0.15, -0.1) is 0 Å². The minimum Gasteiger partial charge on any atom is -0.351 e. The van der Waals surface area contributed by atoms with Gasteiger partial charge in [-0.3, -0.25) is 9.69 Å². The predicted molar refractivity (Wildman–Crippen MR) is 81.1 cm³/mol. The molecular formula is C14H20FN3O3S. The van der Waals surface area contributed by atoms with Crippen LogP contribution in [0.15, 0.2) is 24.3 Å². The summed E-state index contributed by atoms with van der Waals surface area (Å²) in [6, 6.07) is 6.29. The summed E-state index contributed by atoms with van der Waals surface area (Å²) in [5, 5.41) is 2.68. The first-order chi connectivity index (χ1) is 10.4. The molecule has 1 aromatic rings. The van der Waals surface area contributed by atoms with Crippen LogP contribution >= 0.6 is 0 Å². The van der Waals surface area contributed by atoms with Crippen LogP contribution in [0, 0.1) is 5.82 Å². The Bertz CT molecular complexity index is 628. The van der Waals surface area contributed by atoms with Gasteiger partial charge >= 0.3 is 0 Å². The third kappa shape index (κ3) is 4.75. The van der Waals surface area contributed by atoms with E-state index in [1.165, 1.54) is 16.6 Å². The summed E-state index contributed by atoms with van der Waals surface area (Å²) in [6.07, 6.45) is 1.18. The second-order valence-corrected chi connectivity index (χ2v) is 7.29. The van der Waals surface area contributed by atoms with Crippen LogP contribution in [0.5, 0.6) is 0 Å². The number of rotatable bonds is 5. The van der Waals surface area contributed by atoms with Crippen LogP contribution in [0.4, 0.5) is 4.39 Å². The van der Waals surface area contributed by atoms with Gasteiger partial charge in [0.05, 0.1) is 12.8 Å². The van der Waals surface area contributed by atoms with E-state index in [1.807, 2.05) is 4.90 Å². The van der Waals surface area contributed by atoms with Crippen molar-refractivity contribution in [3.63, 3.8) is 0 Å². The number of amides is 1. The van der Waals surface area contributed by atoms with Crippen LogP contribution in [-0.2, 0) is 21.4 Å². The largest absolute Gasteiger partial charge is 0.351 e. The molecule has 8 heteroatoms. The van der Waals surface area contributed by atoms with E-state index >= 15 is 0 Å². The number of carbonyl (C=O) groups is 1. The molecule has 22 heavy (non-hydrogen) atoms. The Morgan fingerprint density at radius 2 is 1.86 bits per heavy atom. The number of sulfonamides is 1. The van der Waals surface area contributed by atoms with Crippen molar-refractivity contribution in [3.05, 3.63) is 35.6 Å². The molecule has 1 saturated heterocycles. The molecule has 0 aliphatic carbocycles. The molecule has 2 rings (SSSR count). The normalized spacial score (nSPS) is 17.4. The highest BCUT2D eigenvalue weighted by atomic mass is 32.2. The Kier molecular flexibility index (Phi) is 5.49. The van der Waals surface area contributed by atoms with Crippen LogP contribution in [0.3, 0.4) is 0 Å². The second-order valence-electron chi connectivity index (χ2n) is 5.31. The van der Waals surface area contributed by atoms with Gasteiger partial charge in [-0.2, -0.15) is 4.31 Å². The highest BCUT2D eigenvalue weighted by Crippen LogP contribution is 2.07. The summed E-state index contributed by atoms with van der Waals surface area (Å²) in [5.74, 6) is -0.541. The lowest BCUT2D eigenvalue weighted by Gasteiger charge is -2.32. The molecule has 0 aromatic heterocycles. The van der Waals surface area contributed by atoms with E-state index in [1.54, 1.807) is 18.2 Å².